The molecule has 3 rings (SSSR count). The zero-order valence-electron chi connectivity index (χ0n) is 13.6. The molecule has 0 bridgehead atoms. The SMILES string of the molecule is CCN(Cc1ccccc1)C(=O)c1cncc(N2CCCC2)c1. The Hall–Kier alpha value is -2.36. The van der Waals surface area contributed by atoms with Crippen molar-refractivity contribution in [1.29, 1.82) is 0 Å². The van der Waals surface area contributed by atoms with Gasteiger partial charge in [-0.3, -0.25) is 9.78 Å². The zero-order valence-corrected chi connectivity index (χ0v) is 13.6. The van der Waals surface area contributed by atoms with Crippen LogP contribution < -0.4 is 4.90 Å². The number of hydrogen-bond acceptors (Lipinski definition) is 3. The average Bonchev–Trinajstić information content (AvgIpc) is 3.15. The Morgan fingerprint density at radius 2 is 1.91 bits per heavy atom. The molecule has 0 saturated carbocycles. The van der Waals surface area contributed by atoms with Crippen LogP contribution in [0, 0.1) is 0 Å². The molecule has 0 atom stereocenters. The Morgan fingerprint density at radius 3 is 2.61 bits per heavy atom. The van der Waals surface area contributed by atoms with E-state index in [1.54, 1.807) is 6.20 Å². The molecule has 1 amide bonds. The molecule has 1 fully saturated rings. The molecule has 120 valence electrons. The largest absolute Gasteiger partial charge is 0.370 e. The van der Waals surface area contributed by atoms with Crippen LogP contribution in [0.25, 0.3) is 0 Å². The van der Waals surface area contributed by atoms with Crippen LogP contribution in [0.1, 0.15) is 35.7 Å². The first-order valence-corrected chi connectivity index (χ1v) is 8.31. The number of amides is 1. The van der Waals surface area contributed by atoms with Gasteiger partial charge in [-0.05, 0) is 31.4 Å². The molecule has 4 nitrogen and oxygen atoms in total. The van der Waals surface area contributed by atoms with E-state index in [4.69, 9.17) is 0 Å². The van der Waals surface area contributed by atoms with Crippen LogP contribution in [0.3, 0.4) is 0 Å². The Labute approximate surface area is 137 Å². The van der Waals surface area contributed by atoms with Gasteiger partial charge in [-0.15, -0.1) is 0 Å². The van der Waals surface area contributed by atoms with Crippen LogP contribution in [0.15, 0.2) is 48.8 Å². The fourth-order valence-corrected chi connectivity index (χ4v) is 3.01. The maximum absolute atomic E-state index is 12.8. The summed E-state index contributed by atoms with van der Waals surface area (Å²) in [7, 11) is 0. The van der Waals surface area contributed by atoms with Gasteiger partial charge in [0.15, 0.2) is 0 Å². The smallest absolute Gasteiger partial charge is 0.255 e. The first kappa shape index (κ1) is 15.5. The Balaban J connectivity index is 1.76. The highest BCUT2D eigenvalue weighted by atomic mass is 16.2. The molecule has 0 radical (unpaired) electrons. The molecule has 2 aromatic rings. The summed E-state index contributed by atoms with van der Waals surface area (Å²) in [6.07, 6.45) is 5.96. The number of anilines is 1. The van der Waals surface area contributed by atoms with E-state index in [1.165, 1.54) is 12.8 Å². The summed E-state index contributed by atoms with van der Waals surface area (Å²) in [5.41, 5.74) is 2.88. The molecule has 0 N–H and O–H groups in total. The van der Waals surface area contributed by atoms with Gasteiger partial charge in [-0.1, -0.05) is 30.3 Å². The van der Waals surface area contributed by atoms with Crippen LogP contribution >= 0.6 is 0 Å². The fourth-order valence-electron chi connectivity index (χ4n) is 3.01. The molecular weight excluding hydrogens is 286 g/mol. The first-order valence-electron chi connectivity index (χ1n) is 8.31. The quantitative estimate of drug-likeness (QED) is 0.850. The molecule has 1 saturated heterocycles. The molecule has 2 heterocycles. The summed E-state index contributed by atoms with van der Waals surface area (Å²) >= 11 is 0. The molecule has 0 spiro atoms. The van der Waals surface area contributed by atoms with Gasteiger partial charge in [-0.25, -0.2) is 0 Å². The third kappa shape index (κ3) is 3.70. The number of carbonyl (C=O) groups is 1. The number of hydrogen-bond donors (Lipinski definition) is 0. The lowest BCUT2D eigenvalue weighted by Crippen LogP contribution is -2.30. The number of nitrogens with zero attached hydrogens (tertiary/aromatic N) is 3. The van der Waals surface area contributed by atoms with Crippen molar-refractivity contribution in [3.8, 4) is 0 Å². The predicted octanol–water partition coefficient (Wildman–Crippen LogP) is 3.34. The second-order valence-electron chi connectivity index (χ2n) is 5.93. The maximum atomic E-state index is 12.8. The van der Waals surface area contributed by atoms with Crippen molar-refractivity contribution >= 4 is 11.6 Å². The standard InChI is InChI=1S/C19H23N3O/c1-2-21(15-16-8-4-3-5-9-16)19(23)17-12-18(14-20-13-17)22-10-6-7-11-22/h3-5,8-9,12-14H,2,6-7,10-11,15H2,1H3. The van der Waals surface area contributed by atoms with Gasteiger partial charge in [0.05, 0.1) is 17.4 Å². The predicted molar refractivity (Wildman–Crippen MR) is 92.5 cm³/mol. The molecular formula is C19H23N3O. The molecule has 1 aromatic heterocycles. The highest BCUT2D eigenvalue weighted by molar-refractivity contribution is 5.94. The number of carbonyl (C=O) groups excluding carboxylic acids is 1. The highest BCUT2D eigenvalue weighted by Crippen LogP contribution is 2.21. The molecule has 23 heavy (non-hydrogen) atoms. The molecule has 1 aliphatic rings. The lowest BCUT2D eigenvalue weighted by atomic mass is 10.1. The Morgan fingerprint density at radius 1 is 1.17 bits per heavy atom. The Bertz CT molecular complexity index is 651. The average molecular weight is 309 g/mol. The summed E-state index contributed by atoms with van der Waals surface area (Å²) in [5.74, 6) is 0.0462. The summed E-state index contributed by atoms with van der Waals surface area (Å²) in [5, 5.41) is 0. The van der Waals surface area contributed by atoms with Crippen molar-refractivity contribution in [1.82, 2.24) is 9.88 Å². The van der Waals surface area contributed by atoms with E-state index in [0.29, 0.717) is 18.7 Å². The van der Waals surface area contributed by atoms with Gasteiger partial charge in [-0.2, -0.15) is 0 Å². The molecule has 0 unspecified atom stereocenters. The number of benzene rings is 1. The van der Waals surface area contributed by atoms with E-state index in [1.807, 2.05) is 42.3 Å². The highest BCUT2D eigenvalue weighted by Gasteiger charge is 2.18. The van der Waals surface area contributed by atoms with Gasteiger partial charge in [0.2, 0.25) is 0 Å². The second kappa shape index (κ2) is 7.27. The molecule has 1 aromatic carbocycles. The second-order valence-corrected chi connectivity index (χ2v) is 5.93. The van der Waals surface area contributed by atoms with Gasteiger partial charge in [0, 0.05) is 32.4 Å². The van der Waals surface area contributed by atoms with E-state index < -0.39 is 0 Å². The number of aromatic nitrogens is 1. The normalized spacial score (nSPS) is 14.0. The monoisotopic (exact) mass is 309 g/mol. The summed E-state index contributed by atoms with van der Waals surface area (Å²) in [6, 6.07) is 12.1. The fraction of sp³-hybridized carbons (Fsp3) is 0.368. The number of pyridine rings is 1. The van der Waals surface area contributed by atoms with Crippen molar-refractivity contribution in [3.63, 3.8) is 0 Å². The third-order valence-corrected chi connectivity index (χ3v) is 4.33. The first-order chi connectivity index (χ1) is 11.3. The molecule has 1 aliphatic heterocycles. The minimum absolute atomic E-state index is 0.0462. The van der Waals surface area contributed by atoms with Crippen molar-refractivity contribution < 1.29 is 4.79 Å². The summed E-state index contributed by atoms with van der Waals surface area (Å²) < 4.78 is 0. The minimum atomic E-state index is 0.0462. The zero-order chi connectivity index (χ0) is 16.1. The van der Waals surface area contributed by atoms with Crippen LogP contribution in [-0.4, -0.2) is 35.4 Å². The van der Waals surface area contributed by atoms with E-state index in [0.717, 1.165) is 24.3 Å². The van der Waals surface area contributed by atoms with E-state index in [2.05, 4.69) is 22.0 Å². The third-order valence-electron chi connectivity index (χ3n) is 4.33. The van der Waals surface area contributed by atoms with Gasteiger partial charge < -0.3 is 9.80 Å². The topological polar surface area (TPSA) is 36.4 Å². The van der Waals surface area contributed by atoms with Crippen molar-refractivity contribution in [2.45, 2.75) is 26.3 Å². The summed E-state index contributed by atoms with van der Waals surface area (Å²) in [6.45, 7) is 5.44. The van der Waals surface area contributed by atoms with Crippen LogP contribution in [-0.2, 0) is 6.54 Å². The summed E-state index contributed by atoms with van der Waals surface area (Å²) in [4.78, 5) is 21.3. The van der Waals surface area contributed by atoms with Crippen LogP contribution in [0.4, 0.5) is 5.69 Å². The van der Waals surface area contributed by atoms with Crippen molar-refractivity contribution in [3.05, 3.63) is 59.9 Å². The van der Waals surface area contributed by atoms with Crippen LogP contribution in [0.2, 0.25) is 0 Å². The van der Waals surface area contributed by atoms with E-state index >= 15 is 0 Å². The Kier molecular flexibility index (Phi) is 4.91. The van der Waals surface area contributed by atoms with Gasteiger partial charge in [0.25, 0.3) is 5.91 Å². The van der Waals surface area contributed by atoms with Gasteiger partial charge in [0.1, 0.15) is 0 Å². The van der Waals surface area contributed by atoms with E-state index in [9.17, 15) is 4.79 Å². The molecule has 4 heteroatoms. The van der Waals surface area contributed by atoms with Gasteiger partial charge >= 0.3 is 0 Å². The lowest BCUT2D eigenvalue weighted by molar-refractivity contribution is 0.0752. The van der Waals surface area contributed by atoms with Crippen molar-refractivity contribution in [2.75, 3.05) is 24.5 Å². The maximum Gasteiger partial charge on any atom is 0.255 e. The van der Waals surface area contributed by atoms with Crippen LogP contribution in [0.5, 0.6) is 0 Å². The minimum Gasteiger partial charge on any atom is -0.370 e. The van der Waals surface area contributed by atoms with Crippen molar-refractivity contribution in [2.24, 2.45) is 0 Å². The van der Waals surface area contributed by atoms with E-state index in [-0.39, 0.29) is 5.91 Å². The molecule has 0 aliphatic carbocycles. The lowest BCUT2D eigenvalue weighted by Gasteiger charge is -2.22. The number of rotatable bonds is 5.